The Labute approximate surface area is 108 Å². The Kier molecular flexibility index (Phi) is 3.16. The smallest absolute Gasteiger partial charge is 0.142 e. The maximum atomic E-state index is 8.91. The van der Waals surface area contributed by atoms with E-state index in [-0.39, 0.29) is 0 Å². The number of fused-ring (bicyclic) bond motifs is 1. The first kappa shape index (κ1) is 11.5. The van der Waals surface area contributed by atoms with Crippen LogP contribution in [0, 0.1) is 11.3 Å². The summed E-state index contributed by atoms with van der Waals surface area (Å²) >= 11 is 0. The van der Waals surface area contributed by atoms with E-state index in [0.717, 1.165) is 25.5 Å². The van der Waals surface area contributed by atoms with Crippen molar-refractivity contribution in [2.24, 2.45) is 0 Å². The SMILES string of the molecule is N#Cc1cccc(N2CCN3CCCCC3C2)n1. The normalized spacial score (nSPS) is 24.4. The molecule has 3 heterocycles. The van der Waals surface area contributed by atoms with E-state index >= 15 is 0 Å². The molecule has 0 N–H and O–H groups in total. The summed E-state index contributed by atoms with van der Waals surface area (Å²) in [5, 5.41) is 8.91. The van der Waals surface area contributed by atoms with Gasteiger partial charge in [0.05, 0.1) is 0 Å². The van der Waals surface area contributed by atoms with E-state index in [0.29, 0.717) is 11.7 Å². The molecule has 0 spiro atoms. The lowest BCUT2D eigenvalue weighted by Gasteiger charge is -2.44. The molecule has 2 aliphatic rings. The van der Waals surface area contributed by atoms with Crippen molar-refractivity contribution < 1.29 is 0 Å². The zero-order valence-electron chi connectivity index (χ0n) is 10.5. The molecule has 1 atom stereocenters. The van der Waals surface area contributed by atoms with Crippen molar-refractivity contribution in [1.29, 1.82) is 5.26 Å². The first-order valence-electron chi connectivity index (χ1n) is 6.73. The Hall–Kier alpha value is -1.60. The third-order valence-electron chi connectivity index (χ3n) is 4.01. The fourth-order valence-electron chi connectivity index (χ4n) is 3.03. The molecule has 2 aliphatic heterocycles. The van der Waals surface area contributed by atoms with E-state index in [2.05, 4.69) is 20.9 Å². The predicted molar refractivity (Wildman–Crippen MR) is 70.4 cm³/mol. The van der Waals surface area contributed by atoms with Gasteiger partial charge in [-0.15, -0.1) is 0 Å². The van der Waals surface area contributed by atoms with Crippen molar-refractivity contribution in [2.75, 3.05) is 31.1 Å². The van der Waals surface area contributed by atoms with Crippen LogP contribution in [0.5, 0.6) is 0 Å². The van der Waals surface area contributed by atoms with Crippen molar-refractivity contribution in [2.45, 2.75) is 25.3 Å². The van der Waals surface area contributed by atoms with Crippen LogP contribution in [-0.2, 0) is 0 Å². The second kappa shape index (κ2) is 4.95. The third kappa shape index (κ3) is 2.19. The van der Waals surface area contributed by atoms with Crippen LogP contribution in [0.15, 0.2) is 18.2 Å². The van der Waals surface area contributed by atoms with Crippen LogP contribution in [0.1, 0.15) is 25.0 Å². The number of anilines is 1. The first-order valence-corrected chi connectivity index (χ1v) is 6.73. The Morgan fingerprint density at radius 1 is 1.22 bits per heavy atom. The number of nitriles is 1. The van der Waals surface area contributed by atoms with Crippen molar-refractivity contribution in [3.8, 4) is 6.07 Å². The lowest BCUT2D eigenvalue weighted by Crippen LogP contribution is -2.55. The van der Waals surface area contributed by atoms with Gasteiger partial charge in [0.25, 0.3) is 0 Å². The largest absolute Gasteiger partial charge is 0.354 e. The molecule has 18 heavy (non-hydrogen) atoms. The second-order valence-electron chi connectivity index (χ2n) is 5.12. The molecule has 0 bridgehead atoms. The number of pyridine rings is 1. The van der Waals surface area contributed by atoms with Gasteiger partial charge in [-0.3, -0.25) is 4.90 Å². The third-order valence-corrected chi connectivity index (χ3v) is 4.01. The molecule has 0 radical (unpaired) electrons. The summed E-state index contributed by atoms with van der Waals surface area (Å²) in [6, 6.07) is 8.50. The average molecular weight is 242 g/mol. The van der Waals surface area contributed by atoms with E-state index in [1.54, 1.807) is 6.07 Å². The molecular formula is C14H18N4. The van der Waals surface area contributed by atoms with E-state index in [1.165, 1.54) is 25.8 Å². The van der Waals surface area contributed by atoms with Crippen LogP contribution in [0.2, 0.25) is 0 Å². The minimum absolute atomic E-state index is 0.513. The number of rotatable bonds is 1. The van der Waals surface area contributed by atoms with E-state index in [4.69, 9.17) is 5.26 Å². The van der Waals surface area contributed by atoms with Gasteiger partial charge < -0.3 is 4.90 Å². The topological polar surface area (TPSA) is 43.2 Å². The van der Waals surface area contributed by atoms with E-state index in [9.17, 15) is 0 Å². The Morgan fingerprint density at radius 2 is 2.17 bits per heavy atom. The number of hydrogen-bond donors (Lipinski definition) is 0. The molecule has 2 fully saturated rings. The second-order valence-corrected chi connectivity index (χ2v) is 5.12. The summed E-state index contributed by atoms with van der Waals surface area (Å²) in [5.74, 6) is 0.958. The molecule has 1 aromatic rings. The lowest BCUT2D eigenvalue weighted by molar-refractivity contribution is 0.133. The van der Waals surface area contributed by atoms with Crippen molar-refractivity contribution >= 4 is 5.82 Å². The number of piperidine rings is 1. The molecule has 3 rings (SSSR count). The summed E-state index contributed by atoms with van der Waals surface area (Å²) in [4.78, 5) is 9.33. The van der Waals surface area contributed by atoms with Gasteiger partial charge >= 0.3 is 0 Å². The van der Waals surface area contributed by atoms with Gasteiger partial charge in [-0.2, -0.15) is 5.26 Å². The molecule has 94 valence electrons. The zero-order chi connectivity index (χ0) is 12.4. The summed E-state index contributed by atoms with van der Waals surface area (Å²) in [6.07, 6.45) is 3.99. The predicted octanol–water partition coefficient (Wildman–Crippen LogP) is 1.63. The lowest BCUT2D eigenvalue weighted by atomic mass is 9.99. The highest BCUT2D eigenvalue weighted by Gasteiger charge is 2.29. The van der Waals surface area contributed by atoms with E-state index in [1.807, 2.05) is 12.1 Å². The first-order chi connectivity index (χ1) is 8.86. The fourth-order valence-corrected chi connectivity index (χ4v) is 3.03. The average Bonchev–Trinajstić information content (AvgIpc) is 2.47. The highest BCUT2D eigenvalue weighted by Crippen LogP contribution is 2.23. The number of hydrogen-bond acceptors (Lipinski definition) is 4. The minimum Gasteiger partial charge on any atom is -0.354 e. The van der Waals surface area contributed by atoms with Crippen LogP contribution in [0.25, 0.3) is 0 Å². The molecule has 4 nitrogen and oxygen atoms in total. The monoisotopic (exact) mass is 242 g/mol. The summed E-state index contributed by atoms with van der Waals surface area (Å²) in [7, 11) is 0. The molecule has 1 aromatic heterocycles. The Morgan fingerprint density at radius 3 is 3.06 bits per heavy atom. The van der Waals surface area contributed by atoms with Gasteiger partial charge in [0.2, 0.25) is 0 Å². The van der Waals surface area contributed by atoms with Crippen LogP contribution in [-0.4, -0.2) is 42.1 Å². The van der Waals surface area contributed by atoms with Crippen molar-refractivity contribution in [1.82, 2.24) is 9.88 Å². The molecular weight excluding hydrogens is 224 g/mol. The maximum Gasteiger partial charge on any atom is 0.142 e. The maximum absolute atomic E-state index is 8.91. The highest BCUT2D eigenvalue weighted by molar-refractivity contribution is 5.42. The van der Waals surface area contributed by atoms with Crippen LogP contribution < -0.4 is 4.90 Å². The number of piperazine rings is 1. The Bertz CT molecular complexity index is 465. The minimum atomic E-state index is 0.513. The van der Waals surface area contributed by atoms with Gasteiger partial charge in [0, 0.05) is 25.7 Å². The molecule has 0 amide bonds. The zero-order valence-corrected chi connectivity index (χ0v) is 10.5. The van der Waals surface area contributed by atoms with Crippen molar-refractivity contribution in [3.05, 3.63) is 23.9 Å². The van der Waals surface area contributed by atoms with E-state index < -0.39 is 0 Å². The molecule has 0 aromatic carbocycles. The molecule has 1 unspecified atom stereocenters. The van der Waals surface area contributed by atoms with Gasteiger partial charge in [-0.05, 0) is 31.5 Å². The van der Waals surface area contributed by atoms with Crippen LogP contribution in [0.3, 0.4) is 0 Å². The molecule has 0 aliphatic carbocycles. The molecule has 0 saturated carbocycles. The van der Waals surface area contributed by atoms with Gasteiger partial charge in [0.1, 0.15) is 17.6 Å². The quantitative estimate of drug-likeness (QED) is 0.750. The fraction of sp³-hybridized carbons (Fsp3) is 0.571. The van der Waals surface area contributed by atoms with Gasteiger partial charge in [0.15, 0.2) is 0 Å². The van der Waals surface area contributed by atoms with Crippen LogP contribution >= 0.6 is 0 Å². The number of nitrogens with zero attached hydrogens (tertiary/aromatic N) is 4. The van der Waals surface area contributed by atoms with Gasteiger partial charge in [-0.1, -0.05) is 12.5 Å². The molecule has 2 saturated heterocycles. The Balaban J connectivity index is 1.75. The molecule has 4 heteroatoms. The summed E-state index contributed by atoms with van der Waals surface area (Å²) in [5.41, 5.74) is 0.513. The standard InChI is InChI=1S/C14H18N4/c15-10-12-4-3-6-14(16-12)18-9-8-17-7-2-1-5-13(17)11-18/h3-4,6,13H,1-2,5,7-9,11H2. The summed E-state index contributed by atoms with van der Waals surface area (Å²) in [6.45, 7) is 4.47. The van der Waals surface area contributed by atoms with Crippen molar-refractivity contribution in [3.63, 3.8) is 0 Å². The summed E-state index contributed by atoms with van der Waals surface area (Å²) < 4.78 is 0. The highest BCUT2D eigenvalue weighted by atomic mass is 15.3. The van der Waals surface area contributed by atoms with Crippen LogP contribution in [0.4, 0.5) is 5.82 Å². The van der Waals surface area contributed by atoms with Gasteiger partial charge in [-0.25, -0.2) is 4.98 Å². The number of aromatic nitrogens is 1.